The van der Waals surface area contributed by atoms with E-state index < -0.39 is 6.63 Å². The van der Waals surface area contributed by atoms with Gasteiger partial charge in [-0.2, -0.15) is 0 Å². The molecule has 0 N–H and O–H groups in total. The summed E-state index contributed by atoms with van der Waals surface area (Å²) in [6.45, 7) is 6.32. The molecule has 4 heteroatoms. The number of rotatable bonds is 5. The first kappa shape index (κ1) is 13.3. The second-order valence-electron chi connectivity index (χ2n) is 3.32. The van der Waals surface area contributed by atoms with Gasteiger partial charge in [-0.25, -0.2) is 0 Å². The Hall–Kier alpha value is 0.190. The highest BCUT2D eigenvalue weighted by Crippen LogP contribution is 2.46. The lowest BCUT2D eigenvalue weighted by molar-refractivity contribution is 0.296. The van der Waals surface area contributed by atoms with Gasteiger partial charge in [0, 0.05) is 11.8 Å². The third-order valence-corrected chi connectivity index (χ3v) is 4.36. The lowest BCUT2D eigenvalue weighted by atomic mass is 10.2. The topological polar surface area (TPSA) is 3.24 Å². The Morgan fingerprint density at radius 1 is 1.13 bits per heavy atom. The summed E-state index contributed by atoms with van der Waals surface area (Å²) in [5.74, 6) is 0. The van der Waals surface area contributed by atoms with Gasteiger partial charge in [0.25, 0.3) is 0 Å². The molecule has 0 saturated carbocycles. The molecule has 0 aliphatic rings. The van der Waals surface area contributed by atoms with Crippen LogP contribution in [0.5, 0.6) is 0 Å². The maximum atomic E-state index is 5.99. The molecule has 0 fully saturated rings. The van der Waals surface area contributed by atoms with Crippen LogP contribution in [0.3, 0.4) is 0 Å². The summed E-state index contributed by atoms with van der Waals surface area (Å²) in [5, 5.41) is 1.09. The first-order valence-electron chi connectivity index (χ1n) is 5.11. The fraction of sp³-hybridized carbons (Fsp3) is 0.455. The molecule has 0 unspecified atom stereocenters. The van der Waals surface area contributed by atoms with Crippen molar-refractivity contribution in [2.75, 3.05) is 13.1 Å². The van der Waals surface area contributed by atoms with Crippen LogP contribution in [-0.2, 0) is 6.54 Å². The Labute approximate surface area is 103 Å². The maximum Gasteiger partial charge on any atom is 0.117 e. The molecule has 0 amide bonds. The van der Waals surface area contributed by atoms with Gasteiger partial charge in [0.15, 0.2) is 0 Å². The minimum absolute atomic E-state index is 0.932. The Bertz CT molecular complexity index is 300. The van der Waals surface area contributed by atoms with Gasteiger partial charge in [-0.3, -0.25) is 4.90 Å². The smallest absolute Gasteiger partial charge is 0.117 e. The predicted octanol–water partition coefficient (Wildman–Crippen LogP) is 3.94. The van der Waals surface area contributed by atoms with E-state index in [1.165, 1.54) is 5.56 Å². The predicted molar refractivity (Wildman–Crippen MR) is 71.3 cm³/mol. The molecule has 15 heavy (non-hydrogen) atoms. The van der Waals surface area contributed by atoms with Crippen LogP contribution >= 0.6 is 29.1 Å². The highest BCUT2D eigenvalue weighted by molar-refractivity contribution is 8.08. The van der Waals surface area contributed by atoms with E-state index in [9.17, 15) is 0 Å². The summed E-state index contributed by atoms with van der Waals surface area (Å²) >= 11 is 12.0. The summed E-state index contributed by atoms with van der Waals surface area (Å²) in [4.78, 5) is 2.35. The average molecular weight is 264 g/mol. The first-order valence-corrected chi connectivity index (χ1v) is 8.26. The molecule has 84 valence electrons. The van der Waals surface area contributed by atoms with Gasteiger partial charge in [0.2, 0.25) is 0 Å². The number of hydrogen-bond acceptors (Lipinski definition) is 1. The van der Waals surface area contributed by atoms with E-state index in [-0.39, 0.29) is 0 Å². The van der Waals surface area contributed by atoms with Crippen molar-refractivity contribution in [3.63, 3.8) is 0 Å². The number of halogens is 2. The SMILES string of the molecule is CCN(CC)Cc1ccccc1P(Cl)Cl. The van der Waals surface area contributed by atoms with Gasteiger partial charge in [0.1, 0.15) is 6.63 Å². The lowest BCUT2D eigenvalue weighted by Gasteiger charge is -2.20. The van der Waals surface area contributed by atoms with Crippen molar-refractivity contribution < 1.29 is 0 Å². The molecule has 0 saturated heterocycles. The minimum Gasteiger partial charge on any atom is -0.300 e. The second-order valence-corrected chi connectivity index (χ2v) is 6.82. The van der Waals surface area contributed by atoms with Crippen LogP contribution in [0, 0.1) is 0 Å². The van der Waals surface area contributed by atoms with Crippen LogP contribution in [0.4, 0.5) is 0 Å². The fourth-order valence-corrected chi connectivity index (χ4v) is 3.05. The molecule has 0 aliphatic carbocycles. The van der Waals surface area contributed by atoms with Crippen molar-refractivity contribution in [1.82, 2.24) is 4.90 Å². The quantitative estimate of drug-likeness (QED) is 0.728. The highest BCUT2D eigenvalue weighted by Gasteiger charge is 2.11. The van der Waals surface area contributed by atoms with Gasteiger partial charge in [-0.05, 0) is 18.7 Å². The highest BCUT2D eigenvalue weighted by atomic mass is 35.9. The Morgan fingerprint density at radius 3 is 2.27 bits per heavy atom. The van der Waals surface area contributed by atoms with Crippen molar-refractivity contribution in [3.8, 4) is 0 Å². The fourth-order valence-electron chi connectivity index (χ4n) is 1.50. The molecule has 1 aromatic rings. The summed E-state index contributed by atoms with van der Waals surface area (Å²) < 4.78 is 0. The first-order chi connectivity index (χ1) is 7.19. The summed E-state index contributed by atoms with van der Waals surface area (Å²) in [5.41, 5.74) is 1.25. The van der Waals surface area contributed by atoms with E-state index in [1.54, 1.807) is 0 Å². The van der Waals surface area contributed by atoms with Crippen molar-refractivity contribution in [3.05, 3.63) is 29.8 Å². The molecular formula is C11H16Cl2NP. The van der Waals surface area contributed by atoms with Gasteiger partial charge in [-0.15, -0.1) is 0 Å². The van der Waals surface area contributed by atoms with Crippen molar-refractivity contribution >= 4 is 34.4 Å². The van der Waals surface area contributed by atoms with E-state index in [4.69, 9.17) is 22.5 Å². The molecule has 1 aromatic carbocycles. The third kappa shape index (κ3) is 3.92. The molecule has 0 spiro atoms. The standard InChI is InChI=1S/C11H16Cl2NP/c1-3-14(4-2)9-10-7-5-6-8-11(10)15(12)13/h5-8H,3-4,9H2,1-2H3. The largest absolute Gasteiger partial charge is 0.300 e. The molecule has 0 atom stereocenters. The number of hydrogen-bond donors (Lipinski definition) is 0. The normalized spacial score (nSPS) is 11.3. The molecule has 0 bridgehead atoms. The summed E-state index contributed by atoms with van der Waals surface area (Å²) in [7, 11) is 0. The zero-order valence-corrected chi connectivity index (χ0v) is 11.5. The number of nitrogens with zero attached hydrogens (tertiary/aromatic N) is 1. The molecule has 0 aromatic heterocycles. The number of benzene rings is 1. The molecule has 0 aliphatic heterocycles. The zero-order chi connectivity index (χ0) is 11.3. The molecule has 1 rings (SSSR count). The minimum atomic E-state index is -1.04. The van der Waals surface area contributed by atoms with E-state index in [2.05, 4.69) is 24.8 Å². The average Bonchev–Trinajstić information content (AvgIpc) is 2.26. The third-order valence-electron chi connectivity index (χ3n) is 2.46. The van der Waals surface area contributed by atoms with Gasteiger partial charge < -0.3 is 0 Å². The molecule has 0 heterocycles. The van der Waals surface area contributed by atoms with Crippen LogP contribution < -0.4 is 5.30 Å². The Morgan fingerprint density at radius 2 is 1.73 bits per heavy atom. The lowest BCUT2D eigenvalue weighted by Crippen LogP contribution is -2.24. The maximum absolute atomic E-state index is 5.99. The Balaban J connectivity index is 2.83. The van der Waals surface area contributed by atoms with Gasteiger partial charge in [-0.1, -0.05) is 60.6 Å². The second kappa shape index (κ2) is 6.70. The molecular weight excluding hydrogens is 248 g/mol. The summed E-state index contributed by atoms with van der Waals surface area (Å²) in [6, 6.07) is 8.15. The van der Waals surface area contributed by atoms with Crippen molar-refractivity contribution in [2.24, 2.45) is 0 Å². The van der Waals surface area contributed by atoms with Crippen LogP contribution in [0.15, 0.2) is 24.3 Å². The zero-order valence-electron chi connectivity index (χ0n) is 9.08. The van der Waals surface area contributed by atoms with E-state index in [0.717, 1.165) is 24.9 Å². The van der Waals surface area contributed by atoms with Gasteiger partial charge in [0.05, 0.1) is 0 Å². The van der Waals surface area contributed by atoms with E-state index in [1.807, 2.05) is 18.2 Å². The van der Waals surface area contributed by atoms with Gasteiger partial charge >= 0.3 is 0 Å². The van der Waals surface area contributed by atoms with Crippen LogP contribution in [0.25, 0.3) is 0 Å². The van der Waals surface area contributed by atoms with Crippen molar-refractivity contribution in [1.29, 1.82) is 0 Å². The van der Waals surface area contributed by atoms with Crippen LogP contribution in [0.1, 0.15) is 19.4 Å². The van der Waals surface area contributed by atoms with Crippen molar-refractivity contribution in [2.45, 2.75) is 20.4 Å². The van der Waals surface area contributed by atoms with Crippen LogP contribution in [0.2, 0.25) is 0 Å². The van der Waals surface area contributed by atoms with E-state index >= 15 is 0 Å². The Kier molecular flexibility index (Phi) is 5.92. The van der Waals surface area contributed by atoms with E-state index in [0.29, 0.717) is 0 Å². The summed E-state index contributed by atoms with van der Waals surface area (Å²) in [6.07, 6.45) is 0. The van der Waals surface area contributed by atoms with Crippen LogP contribution in [-0.4, -0.2) is 18.0 Å². The molecule has 1 nitrogen and oxygen atoms in total. The molecule has 0 radical (unpaired) electrons. The monoisotopic (exact) mass is 263 g/mol.